The van der Waals surface area contributed by atoms with Crippen LogP contribution >= 0.6 is 15.9 Å². The molecule has 0 spiro atoms. The molecule has 3 rings (SSSR count). The summed E-state index contributed by atoms with van der Waals surface area (Å²) in [6.07, 6.45) is 2.33. The van der Waals surface area contributed by atoms with Crippen molar-refractivity contribution in [3.8, 4) is 11.3 Å². The van der Waals surface area contributed by atoms with E-state index in [-0.39, 0.29) is 0 Å². The lowest BCUT2D eigenvalue weighted by Gasteiger charge is -2.14. The summed E-state index contributed by atoms with van der Waals surface area (Å²) in [5.41, 5.74) is 5.01. The van der Waals surface area contributed by atoms with E-state index in [2.05, 4.69) is 20.9 Å². The lowest BCUT2D eigenvalue weighted by atomic mass is 9.91. The summed E-state index contributed by atoms with van der Waals surface area (Å²) in [4.78, 5) is 16.1. The van der Waals surface area contributed by atoms with Gasteiger partial charge in [-0.05, 0) is 64.2 Å². The number of hydrogen-bond acceptors (Lipinski definition) is 2. The summed E-state index contributed by atoms with van der Waals surface area (Å²) in [5, 5.41) is 9.54. The molecule has 24 heavy (non-hydrogen) atoms. The van der Waals surface area contributed by atoms with Crippen molar-refractivity contribution in [2.75, 3.05) is 0 Å². The summed E-state index contributed by atoms with van der Waals surface area (Å²) >= 11 is 3.39. The number of aromatic nitrogens is 1. The van der Waals surface area contributed by atoms with Crippen molar-refractivity contribution in [2.24, 2.45) is 0 Å². The lowest BCUT2D eigenvalue weighted by molar-refractivity contribution is 0.0695. The molecule has 4 heteroatoms. The molecule has 0 bridgehead atoms. The Morgan fingerprint density at radius 1 is 1.08 bits per heavy atom. The van der Waals surface area contributed by atoms with Crippen molar-refractivity contribution >= 4 is 21.9 Å². The number of rotatable bonds is 4. The third-order valence-corrected chi connectivity index (χ3v) is 4.53. The van der Waals surface area contributed by atoms with Gasteiger partial charge in [-0.1, -0.05) is 36.4 Å². The predicted octanol–water partition coefficient (Wildman–Crippen LogP) is 5.11. The number of halogens is 1. The van der Waals surface area contributed by atoms with E-state index >= 15 is 0 Å². The van der Waals surface area contributed by atoms with Crippen molar-refractivity contribution in [1.82, 2.24) is 4.98 Å². The summed E-state index contributed by atoms with van der Waals surface area (Å²) < 4.78 is 0.913. The number of hydrogen-bond donors (Lipinski definition) is 1. The predicted molar refractivity (Wildman–Crippen MR) is 98.3 cm³/mol. The smallest absolute Gasteiger partial charge is 0.335 e. The number of benzene rings is 2. The average Bonchev–Trinajstić information content (AvgIpc) is 2.58. The zero-order valence-corrected chi connectivity index (χ0v) is 14.7. The van der Waals surface area contributed by atoms with E-state index in [0.717, 1.165) is 32.4 Å². The van der Waals surface area contributed by atoms with Gasteiger partial charge in [0.15, 0.2) is 0 Å². The molecule has 0 aliphatic rings. The Labute approximate surface area is 149 Å². The highest BCUT2D eigenvalue weighted by Gasteiger charge is 2.16. The van der Waals surface area contributed by atoms with Crippen molar-refractivity contribution < 1.29 is 9.90 Å². The molecular formula is C20H16BrNO2. The number of carboxylic acids is 1. The fraction of sp³-hybridized carbons (Fsp3) is 0.100. The maximum Gasteiger partial charge on any atom is 0.335 e. The zero-order valence-electron chi connectivity index (χ0n) is 13.2. The summed E-state index contributed by atoms with van der Waals surface area (Å²) in [6.45, 7) is 1.96. The van der Waals surface area contributed by atoms with Crippen LogP contribution in [-0.2, 0) is 6.42 Å². The van der Waals surface area contributed by atoms with Crippen LogP contribution in [0, 0.1) is 6.92 Å². The molecule has 0 radical (unpaired) electrons. The SMILES string of the molecule is Cc1c(-c2ccc(Br)cn2)ccc(C(=O)O)c1Cc1ccccc1. The first-order chi connectivity index (χ1) is 11.6. The van der Waals surface area contributed by atoms with E-state index in [0.29, 0.717) is 12.0 Å². The van der Waals surface area contributed by atoms with Crippen LogP contribution < -0.4 is 0 Å². The van der Waals surface area contributed by atoms with Crippen LogP contribution in [0.1, 0.15) is 27.0 Å². The quantitative estimate of drug-likeness (QED) is 0.682. The van der Waals surface area contributed by atoms with Gasteiger partial charge in [-0.25, -0.2) is 4.79 Å². The number of nitrogens with zero attached hydrogens (tertiary/aromatic N) is 1. The molecule has 3 aromatic rings. The highest BCUT2D eigenvalue weighted by molar-refractivity contribution is 9.10. The van der Waals surface area contributed by atoms with Crippen LogP contribution in [0.2, 0.25) is 0 Å². The fourth-order valence-electron chi connectivity index (χ4n) is 2.80. The van der Waals surface area contributed by atoms with Gasteiger partial charge in [0, 0.05) is 16.2 Å². The monoisotopic (exact) mass is 381 g/mol. The topological polar surface area (TPSA) is 50.2 Å². The molecule has 0 aliphatic carbocycles. The van der Waals surface area contributed by atoms with Gasteiger partial charge in [0.25, 0.3) is 0 Å². The van der Waals surface area contributed by atoms with Crippen molar-refractivity contribution in [3.05, 3.63) is 87.5 Å². The minimum Gasteiger partial charge on any atom is -0.478 e. The maximum atomic E-state index is 11.6. The third kappa shape index (κ3) is 3.39. The Kier molecular flexibility index (Phi) is 4.76. The van der Waals surface area contributed by atoms with E-state index in [1.54, 1.807) is 12.3 Å². The normalized spacial score (nSPS) is 10.6. The molecule has 0 aliphatic heterocycles. The summed E-state index contributed by atoms with van der Waals surface area (Å²) in [7, 11) is 0. The number of carboxylic acid groups (broad SMARTS) is 1. The van der Waals surface area contributed by atoms with Crippen molar-refractivity contribution in [1.29, 1.82) is 0 Å². The van der Waals surface area contributed by atoms with Gasteiger partial charge < -0.3 is 5.11 Å². The van der Waals surface area contributed by atoms with E-state index in [1.165, 1.54) is 0 Å². The van der Waals surface area contributed by atoms with Gasteiger partial charge in [0.2, 0.25) is 0 Å². The molecule has 0 unspecified atom stereocenters. The van der Waals surface area contributed by atoms with Crippen LogP contribution in [0.4, 0.5) is 0 Å². The highest BCUT2D eigenvalue weighted by atomic mass is 79.9. The molecule has 1 N–H and O–H groups in total. The fourth-order valence-corrected chi connectivity index (χ4v) is 3.03. The Morgan fingerprint density at radius 3 is 2.46 bits per heavy atom. The Morgan fingerprint density at radius 2 is 1.83 bits per heavy atom. The molecule has 3 nitrogen and oxygen atoms in total. The van der Waals surface area contributed by atoms with Gasteiger partial charge >= 0.3 is 5.97 Å². The van der Waals surface area contributed by atoms with Gasteiger partial charge in [-0.15, -0.1) is 0 Å². The standard InChI is InChI=1S/C20H16BrNO2/c1-13-16(19-10-7-15(21)12-22-19)8-9-17(20(23)24)18(13)11-14-5-3-2-4-6-14/h2-10,12H,11H2,1H3,(H,23,24). The number of aromatic carboxylic acids is 1. The van der Waals surface area contributed by atoms with Gasteiger partial charge in [-0.3, -0.25) is 4.98 Å². The maximum absolute atomic E-state index is 11.6. The summed E-state index contributed by atoms with van der Waals surface area (Å²) in [5.74, 6) is -0.903. The van der Waals surface area contributed by atoms with Gasteiger partial charge in [-0.2, -0.15) is 0 Å². The zero-order chi connectivity index (χ0) is 17.1. The van der Waals surface area contributed by atoms with Gasteiger partial charge in [0.1, 0.15) is 0 Å². The Bertz CT molecular complexity index is 874. The second kappa shape index (κ2) is 6.97. The first-order valence-electron chi connectivity index (χ1n) is 7.58. The average molecular weight is 382 g/mol. The molecule has 1 aromatic heterocycles. The molecular weight excluding hydrogens is 366 g/mol. The Balaban J connectivity index is 2.12. The highest BCUT2D eigenvalue weighted by Crippen LogP contribution is 2.29. The van der Waals surface area contributed by atoms with Crippen molar-refractivity contribution in [3.63, 3.8) is 0 Å². The largest absolute Gasteiger partial charge is 0.478 e. The van der Waals surface area contributed by atoms with E-state index in [9.17, 15) is 9.90 Å². The van der Waals surface area contributed by atoms with Crippen LogP contribution in [0.15, 0.2) is 65.3 Å². The van der Waals surface area contributed by atoms with Crippen molar-refractivity contribution in [2.45, 2.75) is 13.3 Å². The molecule has 0 saturated heterocycles. The van der Waals surface area contributed by atoms with E-state index in [4.69, 9.17) is 0 Å². The van der Waals surface area contributed by atoms with Crippen LogP contribution in [0.5, 0.6) is 0 Å². The summed E-state index contributed by atoms with van der Waals surface area (Å²) in [6, 6.07) is 17.3. The molecule has 2 aromatic carbocycles. The number of carbonyl (C=O) groups is 1. The second-order valence-corrected chi connectivity index (χ2v) is 6.51. The van der Waals surface area contributed by atoms with E-state index in [1.807, 2.05) is 55.5 Å². The number of pyridine rings is 1. The molecule has 120 valence electrons. The minimum absolute atomic E-state index is 0.345. The van der Waals surface area contributed by atoms with Crippen LogP contribution in [-0.4, -0.2) is 16.1 Å². The van der Waals surface area contributed by atoms with Crippen LogP contribution in [0.25, 0.3) is 11.3 Å². The molecule has 0 atom stereocenters. The van der Waals surface area contributed by atoms with Crippen LogP contribution in [0.3, 0.4) is 0 Å². The minimum atomic E-state index is -0.903. The first kappa shape index (κ1) is 16.4. The molecule has 0 fully saturated rings. The van der Waals surface area contributed by atoms with E-state index < -0.39 is 5.97 Å². The second-order valence-electron chi connectivity index (χ2n) is 5.59. The lowest BCUT2D eigenvalue weighted by Crippen LogP contribution is -2.06. The Hall–Kier alpha value is -2.46. The molecule has 0 saturated carbocycles. The van der Waals surface area contributed by atoms with Gasteiger partial charge in [0.05, 0.1) is 11.3 Å². The molecule has 1 heterocycles. The third-order valence-electron chi connectivity index (χ3n) is 4.06. The molecule has 0 amide bonds. The first-order valence-corrected chi connectivity index (χ1v) is 8.37.